The lowest BCUT2D eigenvalue weighted by Gasteiger charge is -2.08. The second-order valence-corrected chi connectivity index (χ2v) is 5.67. The highest BCUT2D eigenvalue weighted by Gasteiger charge is 2.15. The fraction of sp³-hybridized carbons (Fsp3) is 0.389. The van der Waals surface area contributed by atoms with Crippen LogP contribution in [0.2, 0.25) is 0 Å². The summed E-state index contributed by atoms with van der Waals surface area (Å²) < 4.78 is 11.0. The Morgan fingerprint density at radius 1 is 1.23 bits per heavy atom. The maximum Gasteiger partial charge on any atom is 0.287 e. The van der Waals surface area contributed by atoms with Crippen molar-refractivity contribution in [2.45, 2.75) is 33.3 Å². The average molecular weight is 301 g/mol. The summed E-state index contributed by atoms with van der Waals surface area (Å²) in [7, 11) is 0. The van der Waals surface area contributed by atoms with Gasteiger partial charge in [-0.25, -0.2) is 0 Å². The van der Waals surface area contributed by atoms with E-state index in [1.165, 1.54) is 6.26 Å². The number of ether oxygens (including phenoxy) is 1. The summed E-state index contributed by atoms with van der Waals surface area (Å²) in [6.07, 6.45) is 3.59. The summed E-state index contributed by atoms with van der Waals surface area (Å²) in [5.41, 5.74) is 0.755. The van der Waals surface area contributed by atoms with E-state index in [-0.39, 0.29) is 5.91 Å². The summed E-state index contributed by atoms with van der Waals surface area (Å²) >= 11 is 0. The number of amides is 1. The number of para-hydroxylation sites is 1. The van der Waals surface area contributed by atoms with Crippen LogP contribution in [0, 0.1) is 5.92 Å². The molecule has 0 atom stereocenters. The van der Waals surface area contributed by atoms with E-state index >= 15 is 0 Å². The number of hydrogen-bond acceptors (Lipinski definition) is 3. The highest BCUT2D eigenvalue weighted by Crippen LogP contribution is 2.15. The van der Waals surface area contributed by atoms with Crippen LogP contribution in [0.15, 0.2) is 47.1 Å². The van der Waals surface area contributed by atoms with Gasteiger partial charge in [-0.1, -0.05) is 32.0 Å². The molecule has 0 unspecified atom stereocenters. The maximum atomic E-state index is 12.1. The number of carbonyl (C=O) groups is 1. The van der Waals surface area contributed by atoms with Gasteiger partial charge in [0.25, 0.3) is 5.91 Å². The quantitative estimate of drug-likeness (QED) is 0.749. The monoisotopic (exact) mass is 301 g/mol. The number of nitrogens with one attached hydrogen (secondary N) is 1. The molecule has 0 bridgehead atoms. The molecule has 1 aromatic carbocycles. The Hall–Kier alpha value is -2.23. The highest BCUT2D eigenvalue weighted by atomic mass is 16.5. The molecule has 1 heterocycles. The van der Waals surface area contributed by atoms with Gasteiger partial charge in [0.2, 0.25) is 0 Å². The SMILES string of the molecule is CC(C)CCCNC(=O)c1occc1COc1ccccc1. The van der Waals surface area contributed by atoms with Crippen LogP contribution in [0.3, 0.4) is 0 Å². The van der Waals surface area contributed by atoms with Crippen molar-refractivity contribution in [3.8, 4) is 5.75 Å². The molecule has 0 fully saturated rings. The number of carbonyl (C=O) groups excluding carboxylic acids is 1. The molecule has 0 spiro atoms. The minimum absolute atomic E-state index is 0.180. The van der Waals surface area contributed by atoms with E-state index in [0.29, 0.717) is 24.8 Å². The van der Waals surface area contributed by atoms with Crippen LogP contribution in [0.1, 0.15) is 42.8 Å². The van der Waals surface area contributed by atoms with Crippen molar-refractivity contribution >= 4 is 5.91 Å². The van der Waals surface area contributed by atoms with Crippen molar-refractivity contribution in [2.75, 3.05) is 6.54 Å². The molecule has 0 saturated heterocycles. The van der Waals surface area contributed by atoms with E-state index in [2.05, 4.69) is 19.2 Å². The number of hydrogen-bond donors (Lipinski definition) is 1. The summed E-state index contributed by atoms with van der Waals surface area (Å²) in [6.45, 7) is 5.33. The molecule has 2 aromatic rings. The van der Waals surface area contributed by atoms with Crippen molar-refractivity contribution in [1.29, 1.82) is 0 Å². The Morgan fingerprint density at radius 3 is 2.73 bits per heavy atom. The highest BCUT2D eigenvalue weighted by molar-refractivity contribution is 5.92. The van der Waals surface area contributed by atoms with Gasteiger partial charge in [0, 0.05) is 12.1 Å². The zero-order valence-corrected chi connectivity index (χ0v) is 13.2. The molecule has 1 N–H and O–H groups in total. The molecule has 0 aliphatic heterocycles. The van der Waals surface area contributed by atoms with Crippen molar-refractivity contribution in [3.05, 3.63) is 54.0 Å². The van der Waals surface area contributed by atoms with Gasteiger partial charge in [-0.3, -0.25) is 4.79 Å². The lowest BCUT2D eigenvalue weighted by molar-refractivity contribution is 0.0921. The summed E-state index contributed by atoms with van der Waals surface area (Å²) in [6, 6.07) is 11.3. The van der Waals surface area contributed by atoms with Gasteiger partial charge >= 0.3 is 0 Å². The third-order valence-corrected chi connectivity index (χ3v) is 3.33. The summed E-state index contributed by atoms with van der Waals surface area (Å²) in [5, 5.41) is 2.89. The van der Waals surface area contributed by atoms with Crippen LogP contribution >= 0.6 is 0 Å². The Morgan fingerprint density at radius 2 is 2.00 bits per heavy atom. The maximum absolute atomic E-state index is 12.1. The van der Waals surface area contributed by atoms with Gasteiger partial charge in [-0.15, -0.1) is 0 Å². The molecule has 22 heavy (non-hydrogen) atoms. The predicted octanol–water partition coefficient (Wildman–Crippen LogP) is 4.02. The van der Waals surface area contributed by atoms with Crippen molar-refractivity contribution in [3.63, 3.8) is 0 Å². The molecular weight excluding hydrogens is 278 g/mol. The van der Waals surface area contributed by atoms with Gasteiger partial charge in [0.15, 0.2) is 5.76 Å². The fourth-order valence-corrected chi connectivity index (χ4v) is 2.12. The Kier molecular flexibility index (Phi) is 6.07. The zero-order chi connectivity index (χ0) is 15.8. The first-order chi connectivity index (χ1) is 10.7. The van der Waals surface area contributed by atoms with Crippen LogP contribution in [-0.2, 0) is 6.61 Å². The van der Waals surface area contributed by atoms with Crippen molar-refractivity contribution in [1.82, 2.24) is 5.32 Å². The summed E-state index contributed by atoms with van der Waals surface area (Å²) in [4.78, 5) is 12.1. The van der Waals surface area contributed by atoms with Crippen molar-refractivity contribution in [2.24, 2.45) is 5.92 Å². The molecule has 1 aromatic heterocycles. The Labute approximate surface area is 131 Å². The predicted molar refractivity (Wildman–Crippen MR) is 85.9 cm³/mol. The second kappa shape index (κ2) is 8.27. The minimum Gasteiger partial charge on any atom is -0.489 e. The standard InChI is InChI=1S/C18H23NO3/c1-14(2)7-6-11-19-18(20)17-15(10-12-21-17)13-22-16-8-4-3-5-9-16/h3-5,8-10,12,14H,6-7,11,13H2,1-2H3,(H,19,20). The first-order valence-corrected chi connectivity index (χ1v) is 7.69. The van der Waals surface area contributed by atoms with Gasteiger partial charge in [0.05, 0.1) is 6.26 Å². The third-order valence-electron chi connectivity index (χ3n) is 3.33. The van der Waals surface area contributed by atoms with Crippen LogP contribution < -0.4 is 10.1 Å². The van der Waals surface area contributed by atoms with E-state index in [0.717, 1.165) is 24.2 Å². The van der Waals surface area contributed by atoms with E-state index in [1.807, 2.05) is 30.3 Å². The smallest absolute Gasteiger partial charge is 0.287 e. The molecule has 0 saturated carbocycles. The molecule has 0 aliphatic rings. The molecular formula is C18H23NO3. The summed E-state index contributed by atoms with van der Waals surface area (Å²) in [5.74, 6) is 1.57. The third kappa shape index (κ3) is 4.95. The van der Waals surface area contributed by atoms with Gasteiger partial charge in [-0.2, -0.15) is 0 Å². The van der Waals surface area contributed by atoms with Crippen LogP contribution in [0.25, 0.3) is 0 Å². The zero-order valence-electron chi connectivity index (χ0n) is 13.2. The average Bonchev–Trinajstić information content (AvgIpc) is 2.99. The second-order valence-electron chi connectivity index (χ2n) is 5.67. The van der Waals surface area contributed by atoms with Gasteiger partial charge in [-0.05, 0) is 37.0 Å². The van der Waals surface area contributed by atoms with E-state index in [4.69, 9.17) is 9.15 Å². The molecule has 2 rings (SSSR count). The fourth-order valence-electron chi connectivity index (χ4n) is 2.12. The normalized spacial score (nSPS) is 10.7. The molecule has 4 heteroatoms. The van der Waals surface area contributed by atoms with Crippen LogP contribution in [0.4, 0.5) is 0 Å². The van der Waals surface area contributed by atoms with Crippen LogP contribution in [-0.4, -0.2) is 12.5 Å². The largest absolute Gasteiger partial charge is 0.489 e. The molecule has 118 valence electrons. The van der Waals surface area contributed by atoms with E-state index < -0.39 is 0 Å². The molecule has 4 nitrogen and oxygen atoms in total. The topological polar surface area (TPSA) is 51.5 Å². The first-order valence-electron chi connectivity index (χ1n) is 7.69. The molecule has 1 amide bonds. The molecule has 0 aliphatic carbocycles. The lowest BCUT2D eigenvalue weighted by Crippen LogP contribution is -2.25. The number of rotatable bonds is 8. The Bertz CT molecular complexity index is 575. The van der Waals surface area contributed by atoms with E-state index in [1.54, 1.807) is 6.07 Å². The first kappa shape index (κ1) is 16.1. The van der Waals surface area contributed by atoms with Crippen molar-refractivity contribution < 1.29 is 13.9 Å². The number of benzene rings is 1. The minimum atomic E-state index is -0.180. The van der Waals surface area contributed by atoms with Gasteiger partial charge < -0.3 is 14.5 Å². The Balaban J connectivity index is 1.84. The lowest BCUT2D eigenvalue weighted by atomic mass is 10.1. The van der Waals surface area contributed by atoms with E-state index in [9.17, 15) is 4.79 Å². The molecule has 0 radical (unpaired) electrons. The van der Waals surface area contributed by atoms with Gasteiger partial charge in [0.1, 0.15) is 12.4 Å². The van der Waals surface area contributed by atoms with Crippen LogP contribution in [0.5, 0.6) is 5.75 Å². The number of furan rings is 1.